The summed E-state index contributed by atoms with van der Waals surface area (Å²) >= 11 is 0. The molecule has 1 fully saturated rings. The van der Waals surface area contributed by atoms with Gasteiger partial charge in [0.1, 0.15) is 0 Å². The van der Waals surface area contributed by atoms with Gasteiger partial charge in [0.15, 0.2) is 0 Å². The third-order valence-electron chi connectivity index (χ3n) is 3.25. The van der Waals surface area contributed by atoms with Crippen molar-refractivity contribution < 1.29 is 19.4 Å². The average molecular weight is 296 g/mol. The Morgan fingerprint density at radius 1 is 1.57 bits per heavy atom. The predicted octanol–water partition coefficient (Wildman–Crippen LogP) is -0.152. The number of aromatic nitrogens is 2. The number of carboxylic acids is 1. The molecule has 1 aromatic rings. The maximum atomic E-state index is 12.0. The van der Waals surface area contributed by atoms with Crippen LogP contribution in [0.5, 0.6) is 0 Å². The van der Waals surface area contributed by atoms with Gasteiger partial charge in [0.05, 0.1) is 24.8 Å². The summed E-state index contributed by atoms with van der Waals surface area (Å²) in [5.74, 6) is -0.919. The first-order valence-corrected chi connectivity index (χ1v) is 6.89. The van der Waals surface area contributed by atoms with Gasteiger partial charge in [-0.3, -0.25) is 9.48 Å². The number of hydrogen-bond donors (Lipinski definition) is 2. The van der Waals surface area contributed by atoms with Crippen molar-refractivity contribution in [3.63, 3.8) is 0 Å². The second-order valence-corrected chi connectivity index (χ2v) is 5.00. The molecule has 2 amide bonds. The maximum absolute atomic E-state index is 12.0. The number of carbonyl (C=O) groups excluding carboxylic acids is 1. The van der Waals surface area contributed by atoms with Crippen LogP contribution in [0.3, 0.4) is 0 Å². The number of rotatable bonds is 5. The van der Waals surface area contributed by atoms with Crippen LogP contribution in [0.15, 0.2) is 12.3 Å². The minimum atomic E-state index is -0.919. The number of hydrogen-bond acceptors (Lipinski definition) is 4. The summed E-state index contributed by atoms with van der Waals surface area (Å²) in [7, 11) is 1.85. The average Bonchev–Trinajstić information content (AvgIpc) is 2.84. The van der Waals surface area contributed by atoms with E-state index < -0.39 is 12.1 Å². The quantitative estimate of drug-likeness (QED) is 0.787. The van der Waals surface area contributed by atoms with Crippen molar-refractivity contribution >= 4 is 12.0 Å². The van der Waals surface area contributed by atoms with Crippen molar-refractivity contribution in [3.8, 4) is 0 Å². The summed E-state index contributed by atoms with van der Waals surface area (Å²) in [6, 6.07) is 1.72. The van der Waals surface area contributed by atoms with Crippen LogP contribution in [0, 0.1) is 0 Å². The first-order valence-electron chi connectivity index (χ1n) is 6.89. The lowest BCUT2D eigenvalue weighted by Crippen LogP contribution is -2.50. The van der Waals surface area contributed by atoms with Crippen LogP contribution in [0.1, 0.15) is 12.1 Å². The fraction of sp³-hybridized carbons (Fsp3) is 0.615. The Kier molecular flexibility index (Phi) is 5.15. The van der Waals surface area contributed by atoms with Crippen LogP contribution in [0.2, 0.25) is 0 Å². The number of urea groups is 1. The molecule has 1 aliphatic heterocycles. The molecular formula is C13H20N4O4. The van der Waals surface area contributed by atoms with E-state index in [1.807, 2.05) is 19.3 Å². The third-order valence-corrected chi connectivity index (χ3v) is 3.25. The van der Waals surface area contributed by atoms with E-state index in [0.29, 0.717) is 32.7 Å². The smallest absolute Gasteiger partial charge is 0.317 e. The van der Waals surface area contributed by atoms with Gasteiger partial charge in [0.25, 0.3) is 0 Å². The predicted molar refractivity (Wildman–Crippen MR) is 73.9 cm³/mol. The Bertz CT molecular complexity index is 502. The van der Waals surface area contributed by atoms with Crippen molar-refractivity contribution in [1.29, 1.82) is 0 Å². The Morgan fingerprint density at radius 3 is 3.05 bits per heavy atom. The van der Waals surface area contributed by atoms with Gasteiger partial charge < -0.3 is 20.1 Å². The monoisotopic (exact) mass is 296 g/mol. The third kappa shape index (κ3) is 4.75. The summed E-state index contributed by atoms with van der Waals surface area (Å²) in [5.41, 5.74) is 0.920. The van der Waals surface area contributed by atoms with Gasteiger partial charge in [-0.05, 0) is 6.07 Å². The van der Waals surface area contributed by atoms with Crippen LogP contribution in [-0.4, -0.2) is 64.1 Å². The molecule has 2 rings (SSSR count). The topological polar surface area (TPSA) is 96.7 Å². The van der Waals surface area contributed by atoms with Gasteiger partial charge in [0, 0.05) is 39.3 Å². The van der Waals surface area contributed by atoms with Gasteiger partial charge in [-0.1, -0.05) is 0 Å². The number of amides is 2. The summed E-state index contributed by atoms with van der Waals surface area (Å²) in [6.45, 7) is 1.65. The number of ether oxygens (including phenoxy) is 1. The van der Waals surface area contributed by atoms with Crippen LogP contribution < -0.4 is 5.32 Å². The van der Waals surface area contributed by atoms with E-state index in [4.69, 9.17) is 9.84 Å². The molecule has 1 unspecified atom stereocenters. The molecule has 0 saturated carbocycles. The fourth-order valence-corrected chi connectivity index (χ4v) is 2.23. The van der Waals surface area contributed by atoms with Gasteiger partial charge in [-0.15, -0.1) is 0 Å². The molecule has 2 heterocycles. The lowest BCUT2D eigenvalue weighted by molar-refractivity contribution is -0.141. The first-order chi connectivity index (χ1) is 10.0. The van der Waals surface area contributed by atoms with Crippen molar-refractivity contribution in [2.24, 2.45) is 7.05 Å². The summed E-state index contributed by atoms with van der Waals surface area (Å²) in [6.07, 6.45) is 2.00. The van der Waals surface area contributed by atoms with E-state index in [2.05, 4.69) is 10.4 Å². The molecule has 21 heavy (non-hydrogen) atoms. The minimum Gasteiger partial charge on any atom is -0.481 e. The zero-order valence-corrected chi connectivity index (χ0v) is 12.0. The van der Waals surface area contributed by atoms with E-state index in [0.717, 1.165) is 5.69 Å². The van der Waals surface area contributed by atoms with E-state index in [9.17, 15) is 9.59 Å². The summed E-state index contributed by atoms with van der Waals surface area (Å²) in [4.78, 5) is 24.3. The summed E-state index contributed by atoms with van der Waals surface area (Å²) in [5, 5.41) is 15.8. The largest absolute Gasteiger partial charge is 0.481 e. The number of aliphatic carboxylic acids is 1. The molecule has 2 N–H and O–H groups in total. The molecule has 0 bridgehead atoms. The van der Waals surface area contributed by atoms with Crippen molar-refractivity contribution in [2.75, 3.05) is 26.2 Å². The Hall–Kier alpha value is -2.09. The standard InChI is InChI=1S/C13H20N4O4/c1-16-5-3-10(15-16)2-4-14-13(20)17-6-7-21-11(9-17)8-12(18)19/h3,5,11H,2,4,6-9H2,1H3,(H,14,20)(H,18,19). The van der Waals surface area contributed by atoms with Gasteiger partial charge >= 0.3 is 12.0 Å². The Labute approximate surface area is 122 Å². The molecule has 8 heteroatoms. The van der Waals surface area contributed by atoms with Crippen LogP contribution >= 0.6 is 0 Å². The highest BCUT2D eigenvalue weighted by Crippen LogP contribution is 2.08. The molecule has 0 spiro atoms. The second kappa shape index (κ2) is 7.07. The van der Waals surface area contributed by atoms with Crippen molar-refractivity contribution in [1.82, 2.24) is 20.0 Å². The lowest BCUT2D eigenvalue weighted by atomic mass is 10.2. The highest BCUT2D eigenvalue weighted by Gasteiger charge is 2.25. The number of carboxylic acid groups (broad SMARTS) is 1. The maximum Gasteiger partial charge on any atom is 0.317 e. The van der Waals surface area contributed by atoms with Gasteiger partial charge in [-0.2, -0.15) is 5.10 Å². The minimum absolute atomic E-state index is 0.0856. The number of nitrogens with one attached hydrogen (secondary N) is 1. The molecule has 1 saturated heterocycles. The van der Waals surface area contributed by atoms with E-state index in [1.54, 1.807) is 9.58 Å². The second-order valence-electron chi connectivity index (χ2n) is 5.00. The van der Waals surface area contributed by atoms with Gasteiger partial charge in [0.2, 0.25) is 0 Å². The lowest BCUT2D eigenvalue weighted by Gasteiger charge is -2.32. The zero-order chi connectivity index (χ0) is 15.2. The molecule has 0 aliphatic carbocycles. The van der Waals surface area contributed by atoms with Crippen molar-refractivity contribution in [2.45, 2.75) is 18.9 Å². The number of aryl methyl sites for hydroxylation is 1. The molecule has 0 aromatic carbocycles. The van der Waals surface area contributed by atoms with Crippen LogP contribution in [0.25, 0.3) is 0 Å². The molecule has 1 aromatic heterocycles. The molecular weight excluding hydrogens is 276 g/mol. The highest BCUT2D eigenvalue weighted by molar-refractivity contribution is 5.74. The van der Waals surface area contributed by atoms with Crippen LogP contribution in [0.4, 0.5) is 4.79 Å². The molecule has 0 radical (unpaired) electrons. The van der Waals surface area contributed by atoms with Crippen LogP contribution in [-0.2, 0) is 23.0 Å². The SMILES string of the molecule is Cn1ccc(CCNC(=O)N2CCOC(CC(=O)O)C2)n1. The van der Waals surface area contributed by atoms with E-state index in [1.165, 1.54) is 0 Å². The number of nitrogens with zero attached hydrogens (tertiary/aromatic N) is 3. The van der Waals surface area contributed by atoms with E-state index in [-0.39, 0.29) is 12.5 Å². The zero-order valence-electron chi connectivity index (χ0n) is 12.0. The van der Waals surface area contributed by atoms with Crippen molar-refractivity contribution in [3.05, 3.63) is 18.0 Å². The highest BCUT2D eigenvalue weighted by atomic mass is 16.5. The Morgan fingerprint density at radius 2 is 2.38 bits per heavy atom. The van der Waals surface area contributed by atoms with E-state index >= 15 is 0 Å². The Balaban J connectivity index is 1.73. The van der Waals surface area contributed by atoms with Gasteiger partial charge in [-0.25, -0.2) is 4.79 Å². The molecule has 8 nitrogen and oxygen atoms in total. The number of morpholine rings is 1. The first kappa shape index (κ1) is 15.3. The fourth-order valence-electron chi connectivity index (χ4n) is 2.23. The molecule has 1 atom stereocenters. The summed E-state index contributed by atoms with van der Waals surface area (Å²) < 4.78 is 7.05. The molecule has 116 valence electrons. The molecule has 1 aliphatic rings. The normalized spacial score (nSPS) is 18.5. The number of carbonyl (C=O) groups is 2.